The predicted octanol–water partition coefficient (Wildman–Crippen LogP) is 2.97. The Morgan fingerprint density at radius 2 is 1.83 bits per heavy atom. The standard InChI is InChI=1S/C15H17F3N2O3/c1-20(11-5-3-10(4-6-11)15(16,17)18)13(21)9-2-7-12(14(22)23)19-8-9/h2,7-8,10-11H,3-6H2,1H3,(H,22,23). The molecule has 1 aliphatic carbocycles. The Kier molecular flexibility index (Phi) is 4.91. The zero-order valence-corrected chi connectivity index (χ0v) is 12.5. The number of carbonyl (C=O) groups is 2. The molecule has 0 atom stereocenters. The van der Waals surface area contributed by atoms with Gasteiger partial charge in [0.15, 0.2) is 0 Å². The van der Waals surface area contributed by atoms with E-state index in [1.807, 2.05) is 0 Å². The van der Waals surface area contributed by atoms with Crippen molar-refractivity contribution in [1.82, 2.24) is 9.88 Å². The van der Waals surface area contributed by atoms with E-state index in [0.717, 1.165) is 0 Å². The van der Waals surface area contributed by atoms with Crippen LogP contribution in [-0.2, 0) is 0 Å². The maximum Gasteiger partial charge on any atom is 0.391 e. The maximum absolute atomic E-state index is 12.7. The fourth-order valence-electron chi connectivity index (χ4n) is 2.81. The van der Waals surface area contributed by atoms with Gasteiger partial charge in [0.25, 0.3) is 5.91 Å². The number of nitrogens with zero attached hydrogens (tertiary/aromatic N) is 2. The first-order valence-corrected chi connectivity index (χ1v) is 7.23. The predicted molar refractivity (Wildman–Crippen MR) is 75.1 cm³/mol. The van der Waals surface area contributed by atoms with Gasteiger partial charge >= 0.3 is 12.1 Å². The molecule has 5 nitrogen and oxygen atoms in total. The normalized spacial score (nSPS) is 21.7. The van der Waals surface area contributed by atoms with Gasteiger partial charge < -0.3 is 10.0 Å². The molecule has 1 saturated carbocycles. The highest BCUT2D eigenvalue weighted by atomic mass is 19.4. The Hall–Kier alpha value is -2.12. The molecular weight excluding hydrogens is 313 g/mol. The molecule has 0 spiro atoms. The highest BCUT2D eigenvalue weighted by molar-refractivity contribution is 5.94. The Morgan fingerprint density at radius 1 is 1.22 bits per heavy atom. The van der Waals surface area contributed by atoms with Gasteiger partial charge in [-0.1, -0.05) is 0 Å². The van der Waals surface area contributed by atoms with Gasteiger partial charge in [-0.15, -0.1) is 0 Å². The Morgan fingerprint density at radius 3 is 2.26 bits per heavy atom. The van der Waals surface area contributed by atoms with Gasteiger partial charge in [0, 0.05) is 19.3 Å². The number of carbonyl (C=O) groups excluding carboxylic acids is 1. The lowest BCUT2D eigenvalue weighted by molar-refractivity contribution is -0.183. The minimum Gasteiger partial charge on any atom is -0.477 e. The lowest BCUT2D eigenvalue weighted by atomic mass is 9.85. The van der Waals surface area contributed by atoms with Crippen molar-refractivity contribution in [3.05, 3.63) is 29.6 Å². The minimum absolute atomic E-state index is 0.0159. The van der Waals surface area contributed by atoms with E-state index < -0.39 is 18.1 Å². The summed E-state index contributed by atoms with van der Waals surface area (Å²) in [7, 11) is 1.55. The summed E-state index contributed by atoms with van der Waals surface area (Å²) >= 11 is 0. The third kappa shape index (κ3) is 4.00. The van der Waals surface area contributed by atoms with Crippen LogP contribution in [-0.4, -0.2) is 46.1 Å². The third-order valence-corrected chi connectivity index (χ3v) is 4.26. The molecule has 126 valence electrons. The molecule has 2 rings (SSSR count). The number of carboxylic acid groups (broad SMARTS) is 1. The molecular formula is C15H17F3N2O3. The van der Waals surface area contributed by atoms with Crippen LogP contribution in [0, 0.1) is 5.92 Å². The quantitative estimate of drug-likeness (QED) is 0.925. The van der Waals surface area contributed by atoms with Gasteiger partial charge in [0.2, 0.25) is 0 Å². The largest absolute Gasteiger partial charge is 0.477 e. The average Bonchev–Trinajstić information content (AvgIpc) is 2.53. The van der Waals surface area contributed by atoms with Gasteiger partial charge in [0.1, 0.15) is 5.69 Å². The summed E-state index contributed by atoms with van der Waals surface area (Å²) in [6, 6.07) is 2.33. The number of pyridine rings is 1. The smallest absolute Gasteiger partial charge is 0.391 e. The van der Waals surface area contributed by atoms with Crippen LogP contribution in [0.5, 0.6) is 0 Å². The zero-order chi connectivity index (χ0) is 17.2. The first-order valence-electron chi connectivity index (χ1n) is 7.23. The van der Waals surface area contributed by atoms with Crippen LogP contribution in [0.25, 0.3) is 0 Å². The topological polar surface area (TPSA) is 70.5 Å². The number of amides is 1. The summed E-state index contributed by atoms with van der Waals surface area (Å²) < 4.78 is 38.0. The van der Waals surface area contributed by atoms with Crippen molar-refractivity contribution in [2.45, 2.75) is 37.9 Å². The van der Waals surface area contributed by atoms with E-state index in [-0.39, 0.29) is 36.0 Å². The molecule has 23 heavy (non-hydrogen) atoms. The van der Waals surface area contributed by atoms with Crippen LogP contribution >= 0.6 is 0 Å². The van der Waals surface area contributed by atoms with Gasteiger partial charge in [-0.3, -0.25) is 4.79 Å². The average molecular weight is 330 g/mol. The molecule has 0 radical (unpaired) electrons. The van der Waals surface area contributed by atoms with E-state index in [1.165, 1.54) is 23.2 Å². The van der Waals surface area contributed by atoms with Gasteiger partial charge in [-0.05, 0) is 37.8 Å². The molecule has 0 saturated heterocycles. The van der Waals surface area contributed by atoms with Crippen molar-refractivity contribution in [2.75, 3.05) is 7.05 Å². The number of hydrogen-bond acceptors (Lipinski definition) is 3. The van der Waals surface area contributed by atoms with E-state index in [9.17, 15) is 22.8 Å². The zero-order valence-electron chi connectivity index (χ0n) is 12.5. The Labute approximate surface area is 131 Å². The van der Waals surface area contributed by atoms with Crippen molar-refractivity contribution in [2.24, 2.45) is 5.92 Å². The van der Waals surface area contributed by atoms with Crippen molar-refractivity contribution < 1.29 is 27.9 Å². The second-order valence-electron chi connectivity index (χ2n) is 5.70. The Bertz CT molecular complexity index is 579. The van der Waals surface area contributed by atoms with Crippen LogP contribution in [0.1, 0.15) is 46.5 Å². The second-order valence-corrected chi connectivity index (χ2v) is 5.70. The van der Waals surface area contributed by atoms with Crippen LogP contribution in [0.2, 0.25) is 0 Å². The summed E-state index contributed by atoms with van der Waals surface area (Å²) in [5.41, 5.74) is 0.0466. The molecule has 1 amide bonds. The summed E-state index contributed by atoms with van der Waals surface area (Å²) in [6.45, 7) is 0. The van der Waals surface area contributed by atoms with Crippen LogP contribution in [0.15, 0.2) is 18.3 Å². The number of halogens is 3. The van der Waals surface area contributed by atoms with Crippen LogP contribution in [0.4, 0.5) is 13.2 Å². The SMILES string of the molecule is CN(C(=O)c1ccc(C(=O)O)nc1)C1CCC(C(F)(F)F)CC1. The highest BCUT2D eigenvalue weighted by Crippen LogP contribution is 2.38. The molecule has 1 aliphatic rings. The summed E-state index contributed by atoms with van der Waals surface area (Å²) in [5, 5.41) is 8.77. The highest BCUT2D eigenvalue weighted by Gasteiger charge is 2.42. The summed E-state index contributed by atoms with van der Waals surface area (Å²) in [4.78, 5) is 28.1. The molecule has 1 heterocycles. The van der Waals surface area contributed by atoms with E-state index in [4.69, 9.17) is 5.11 Å². The monoisotopic (exact) mass is 330 g/mol. The van der Waals surface area contributed by atoms with Crippen molar-refractivity contribution in [3.63, 3.8) is 0 Å². The number of rotatable bonds is 3. The number of alkyl halides is 3. The molecule has 8 heteroatoms. The lowest BCUT2D eigenvalue weighted by Crippen LogP contribution is -2.41. The van der Waals surface area contributed by atoms with E-state index in [2.05, 4.69) is 4.98 Å². The lowest BCUT2D eigenvalue weighted by Gasteiger charge is -2.35. The molecule has 1 aromatic heterocycles. The molecule has 0 bridgehead atoms. The molecule has 1 N–H and O–H groups in total. The Balaban J connectivity index is 1.99. The first kappa shape index (κ1) is 17.2. The molecule has 0 aromatic carbocycles. The number of aromatic carboxylic acids is 1. The van der Waals surface area contributed by atoms with Crippen molar-refractivity contribution in [1.29, 1.82) is 0 Å². The van der Waals surface area contributed by atoms with Crippen molar-refractivity contribution >= 4 is 11.9 Å². The van der Waals surface area contributed by atoms with Crippen molar-refractivity contribution in [3.8, 4) is 0 Å². The van der Waals surface area contributed by atoms with Gasteiger partial charge in [-0.25, -0.2) is 9.78 Å². The van der Waals surface area contributed by atoms with E-state index in [0.29, 0.717) is 12.8 Å². The van der Waals surface area contributed by atoms with E-state index >= 15 is 0 Å². The molecule has 1 fully saturated rings. The fraction of sp³-hybridized carbons (Fsp3) is 0.533. The first-order chi connectivity index (χ1) is 10.7. The number of hydrogen-bond donors (Lipinski definition) is 1. The second kappa shape index (κ2) is 6.55. The number of carboxylic acids is 1. The fourth-order valence-corrected chi connectivity index (χ4v) is 2.81. The number of aromatic nitrogens is 1. The molecule has 0 unspecified atom stereocenters. The minimum atomic E-state index is -4.18. The van der Waals surface area contributed by atoms with Gasteiger partial charge in [0.05, 0.1) is 11.5 Å². The summed E-state index contributed by atoms with van der Waals surface area (Å²) in [6.07, 6.45) is -2.38. The summed E-state index contributed by atoms with van der Waals surface area (Å²) in [5.74, 6) is -2.86. The van der Waals surface area contributed by atoms with Gasteiger partial charge in [-0.2, -0.15) is 13.2 Å². The molecule has 0 aliphatic heterocycles. The maximum atomic E-state index is 12.7. The third-order valence-electron chi connectivity index (χ3n) is 4.26. The molecule has 1 aromatic rings. The van der Waals surface area contributed by atoms with Crippen LogP contribution < -0.4 is 0 Å². The van der Waals surface area contributed by atoms with E-state index in [1.54, 1.807) is 7.05 Å². The van der Waals surface area contributed by atoms with Crippen LogP contribution in [0.3, 0.4) is 0 Å².